The summed E-state index contributed by atoms with van der Waals surface area (Å²) in [5, 5.41) is 0. The van der Waals surface area contributed by atoms with E-state index in [2.05, 4.69) is 0 Å². The molecule has 5 N–H and O–H groups in total. The first kappa shape index (κ1) is 10.7. The molecule has 6 heteroatoms. The Balaban J connectivity index is 2.38. The van der Waals surface area contributed by atoms with Gasteiger partial charge in [-0.15, -0.1) is 0 Å². The third kappa shape index (κ3) is 1.68. The molecule has 1 aromatic carbocycles. The fourth-order valence-electron chi connectivity index (χ4n) is 1.63. The molecule has 1 heterocycles. The average Bonchev–Trinajstić information content (AvgIpc) is 2.72. The van der Waals surface area contributed by atoms with Gasteiger partial charge in [-0.25, -0.2) is 5.84 Å². The van der Waals surface area contributed by atoms with Crippen LogP contribution in [0.15, 0.2) is 12.1 Å². The predicted octanol–water partition coefficient (Wildman–Crippen LogP) is -0.287. The maximum Gasteiger partial charge on any atom is 0.255 e. The molecule has 0 fully saturated rings. The van der Waals surface area contributed by atoms with E-state index in [4.69, 9.17) is 21.1 Å². The van der Waals surface area contributed by atoms with E-state index in [0.717, 1.165) is 5.56 Å². The Hall–Kier alpha value is -1.79. The number of ether oxygens (including phenoxy) is 2. The summed E-state index contributed by atoms with van der Waals surface area (Å²) in [7, 11) is 0. The van der Waals surface area contributed by atoms with Crippen LogP contribution in [-0.2, 0) is 4.79 Å². The highest BCUT2D eigenvalue weighted by atomic mass is 16.7. The van der Waals surface area contributed by atoms with E-state index in [-0.39, 0.29) is 6.79 Å². The third-order valence-electron chi connectivity index (χ3n) is 2.52. The molecule has 1 aliphatic heterocycles. The van der Waals surface area contributed by atoms with Crippen LogP contribution in [-0.4, -0.2) is 12.7 Å². The molecule has 1 amide bonds. The summed E-state index contributed by atoms with van der Waals surface area (Å²) in [6.07, 6.45) is 0. The summed E-state index contributed by atoms with van der Waals surface area (Å²) in [4.78, 5) is 11.3. The molecule has 0 aliphatic carbocycles. The minimum Gasteiger partial charge on any atom is -0.454 e. The van der Waals surface area contributed by atoms with Crippen molar-refractivity contribution in [3.63, 3.8) is 0 Å². The normalized spacial score (nSPS) is 14.7. The fourth-order valence-corrected chi connectivity index (χ4v) is 1.63. The number of nitrogens with two attached hydrogens (primary N) is 2. The maximum atomic E-state index is 11.3. The average molecular weight is 223 g/mol. The molecule has 0 aromatic heterocycles. The molecule has 6 nitrogen and oxygen atoms in total. The van der Waals surface area contributed by atoms with Crippen LogP contribution < -0.4 is 26.5 Å². The van der Waals surface area contributed by atoms with E-state index in [0.29, 0.717) is 17.1 Å². The number of carbonyl (C=O) groups is 1. The van der Waals surface area contributed by atoms with Crippen molar-refractivity contribution in [2.75, 3.05) is 6.79 Å². The third-order valence-corrected chi connectivity index (χ3v) is 2.52. The largest absolute Gasteiger partial charge is 0.454 e. The van der Waals surface area contributed by atoms with Gasteiger partial charge in [-0.2, -0.15) is 0 Å². The number of rotatable bonds is 2. The lowest BCUT2D eigenvalue weighted by molar-refractivity contribution is -0.122. The SMILES string of the molecule is Cc1cc2c(cc1C(N)C(=O)NN)OCO2. The first-order chi connectivity index (χ1) is 7.63. The predicted molar refractivity (Wildman–Crippen MR) is 56.6 cm³/mol. The van der Waals surface area contributed by atoms with E-state index in [9.17, 15) is 4.79 Å². The maximum absolute atomic E-state index is 11.3. The Labute approximate surface area is 92.5 Å². The molecular weight excluding hydrogens is 210 g/mol. The van der Waals surface area contributed by atoms with Crippen molar-refractivity contribution in [2.45, 2.75) is 13.0 Å². The van der Waals surface area contributed by atoms with Gasteiger partial charge in [0.15, 0.2) is 11.5 Å². The van der Waals surface area contributed by atoms with Crippen molar-refractivity contribution >= 4 is 5.91 Å². The van der Waals surface area contributed by atoms with E-state index >= 15 is 0 Å². The van der Waals surface area contributed by atoms with Crippen molar-refractivity contribution in [1.82, 2.24) is 5.43 Å². The second-order valence-corrected chi connectivity index (χ2v) is 3.55. The second kappa shape index (κ2) is 3.99. The summed E-state index contributed by atoms with van der Waals surface area (Å²) < 4.78 is 10.4. The lowest BCUT2D eigenvalue weighted by Crippen LogP contribution is -2.38. The number of carbonyl (C=O) groups excluding carboxylic acids is 1. The monoisotopic (exact) mass is 223 g/mol. The zero-order valence-corrected chi connectivity index (χ0v) is 8.82. The van der Waals surface area contributed by atoms with Gasteiger partial charge in [-0.1, -0.05) is 0 Å². The van der Waals surface area contributed by atoms with Crippen molar-refractivity contribution in [2.24, 2.45) is 11.6 Å². The van der Waals surface area contributed by atoms with Crippen LogP contribution in [0.2, 0.25) is 0 Å². The first-order valence-corrected chi connectivity index (χ1v) is 4.79. The Morgan fingerprint density at radius 2 is 2.06 bits per heavy atom. The lowest BCUT2D eigenvalue weighted by atomic mass is 10.0. The Morgan fingerprint density at radius 1 is 1.44 bits per heavy atom. The second-order valence-electron chi connectivity index (χ2n) is 3.55. The van der Waals surface area contributed by atoms with Gasteiger partial charge in [0, 0.05) is 0 Å². The molecule has 0 saturated carbocycles. The summed E-state index contributed by atoms with van der Waals surface area (Å²) >= 11 is 0. The van der Waals surface area contributed by atoms with Crippen LogP contribution in [0, 0.1) is 6.92 Å². The molecule has 1 aromatic rings. The zero-order chi connectivity index (χ0) is 11.7. The standard InChI is InChI=1S/C10H13N3O3/c1-5-2-7-8(16-4-15-7)3-6(5)9(11)10(14)13-12/h2-3,9H,4,11-12H2,1H3,(H,13,14). The molecule has 0 bridgehead atoms. The van der Waals surface area contributed by atoms with Gasteiger partial charge in [0.25, 0.3) is 5.91 Å². The topological polar surface area (TPSA) is 99.6 Å². The van der Waals surface area contributed by atoms with E-state index in [1.54, 1.807) is 12.1 Å². The number of fused-ring (bicyclic) bond motifs is 1. The van der Waals surface area contributed by atoms with Crippen molar-refractivity contribution in [1.29, 1.82) is 0 Å². The number of benzene rings is 1. The highest BCUT2D eigenvalue weighted by molar-refractivity contribution is 5.83. The van der Waals surface area contributed by atoms with Gasteiger partial charge in [0.1, 0.15) is 6.04 Å². The Bertz CT molecular complexity index is 434. The van der Waals surface area contributed by atoms with Gasteiger partial charge in [0.05, 0.1) is 0 Å². The molecule has 1 aliphatic rings. The first-order valence-electron chi connectivity index (χ1n) is 4.79. The van der Waals surface area contributed by atoms with E-state index < -0.39 is 11.9 Å². The molecule has 0 radical (unpaired) electrons. The number of aryl methyl sites for hydroxylation is 1. The van der Waals surface area contributed by atoms with Crippen molar-refractivity contribution in [3.05, 3.63) is 23.3 Å². The van der Waals surface area contributed by atoms with Crippen molar-refractivity contribution in [3.8, 4) is 11.5 Å². The molecule has 1 atom stereocenters. The van der Waals surface area contributed by atoms with Gasteiger partial charge < -0.3 is 15.2 Å². The van der Waals surface area contributed by atoms with Crippen LogP contribution >= 0.6 is 0 Å². The quantitative estimate of drug-likeness (QED) is 0.363. The van der Waals surface area contributed by atoms with Crippen LogP contribution in [0.3, 0.4) is 0 Å². The Morgan fingerprint density at radius 3 is 2.69 bits per heavy atom. The van der Waals surface area contributed by atoms with Crippen molar-refractivity contribution < 1.29 is 14.3 Å². The smallest absolute Gasteiger partial charge is 0.255 e. The minimum atomic E-state index is -0.806. The number of hydrazine groups is 1. The number of amides is 1. The minimum absolute atomic E-state index is 0.191. The van der Waals surface area contributed by atoms with Gasteiger partial charge in [-0.05, 0) is 30.2 Å². The summed E-state index contributed by atoms with van der Waals surface area (Å²) in [5.41, 5.74) is 9.31. The lowest BCUT2D eigenvalue weighted by Gasteiger charge is -2.13. The molecule has 1 unspecified atom stereocenters. The fraction of sp³-hybridized carbons (Fsp3) is 0.300. The molecule has 0 saturated heterocycles. The van der Waals surface area contributed by atoms with Crippen LogP contribution in [0.25, 0.3) is 0 Å². The summed E-state index contributed by atoms with van der Waals surface area (Å²) in [6, 6.07) is 2.69. The highest BCUT2D eigenvalue weighted by Gasteiger charge is 2.22. The highest BCUT2D eigenvalue weighted by Crippen LogP contribution is 2.36. The van der Waals surface area contributed by atoms with Gasteiger partial charge >= 0.3 is 0 Å². The van der Waals surface area contributed by atoms with E-state index in [1.165, 1.54) is 0 Å². The number of hydrogen-bond donors (Lipinski definition) is 3. The molecule has 2 rings (SSSR count). The van der Waals surface area contributed by atoms with E-state index in [1.807, 2.05) is 12.3 Å². The zero-order valence-electron chi connectivity index (χ0n) is 8.82. The van der Waals surface area contributed by atoms with Crippen LogP contribution in [0.5, 0.6) is 11.5 Å². The number of hydrogen-bond acceptors (Lipinski definition) is 5. The molecule has 16 heavy (non-hydrogen) atoms. The van der Waals surface area contributed by atoms with Crippen LogP contribution in [0.1, 0.15) is 17.2 Å². The number of nitrogens with one attached hydrogen (secondary N) is 1. The summed E-state index contributed by atoms with van der Waals surface area (Å²) in [6.45, 7) is 2.04. The Kier molecular flexibility index (Phi) is 2.67. The molecular formula is C10H13N3O3. The van der Waals surface area contributed by atoms with Gasteiger partial charge in [-0.3, -0.25) is 10.2 Å². The molecule has 0 spiro atoms. The van der Waals surface area contributed by atoms with Crippen LogP contribution in [0.4, 0.5) is 0 Å². The van der Waals surface area contributed by atoms with Gasteiger partial charge in [0.2, 0.25) is 6.79 Å². The summed E-state index contributed by atoms with van der Waals surface area (Å²) in [5.74, 6) is 5.86. The molecule has 86 valence electrons.